The Bertz CT molecular complexity index is 1100. The summed E-state index contributed by atoms with van der Waals surface area (Å²) in [6.07, 6.45) is 1.70. The van der Waals surface area contributed by atoms with Gasteiger partial charge in [0.15, 0.2) is 0 Å². The lowest BCUT2D eigenvalue weighted by Crippen LogP contribution is -2.46. The highest BCUT2D eigenvalue weighted by Gasteiger charge is 2.26. The third kappa shape index (κ3) is 5.49. The van der Waals surface area contributed by atoms with Crippen molar-refractivity contribution in [2.75, 3.05) is 31.5 Å². The van der Waals surface area contributed by atoms with Crippen molar-refractivity contribution in [3.63, 3.8) is 0 Å². The molecule has 1 saturated heterocycles. The van der Waals surface area contributed by atoms with E-state index in [1.807, 2.05) is 43.3 Å². The van der Waals surface area contributed by atoms with E-state index in [1.165, 1.54) is 11.1 Å². The van der Waals surface area contributed by atoms with Crippen LogP contribution in [0.2, 0.25) is 0 Å². The number of carbonyl (C=O) groups is 1. The number of nitrogens with one attached hydrogen (secondary N) is 1. The molecule has 1 amide bonds. The molecule has 0 saturated carbocycles. The molecule has 1 N–H and O–H groups in total. The van der Waals surface area contributed by atoms with Gasteiger partial charge in [0.25, 0.3) is 5.91 Å². The van der Waals surface area contributed by atoms with Crippen LogP contribution >= 0.6 is 0 Å². The first-order chi connectivity index (χ1) is 16.2. The van der Waals surface area contributed by atoms with Crippen LogP contribution in [-0.2, 0) is 4.79 Å². The summed E-state index contributed by atoms with van der Waals surface area (Å²) in [4.78, 5) is 17.2. The molecule has 0 atom stereocenters. The second kappa shape index (κ2) is 10.6. The van der Waals surface area contributed by atoms with Crippen molar-refractivity contribution in [2.45, 2.75) is 13.0 Å². The van der Waals surface area contributed by atoms with Gasteiger partial charge in [0.1, 0.15) is 11.6 Å². The van der Waals surface area contributed by atoms with Gasteiger partial charge in [0.2, 0.25) is 0 Å². The van der Waals surface area contributed by atoms with Gasteiger partial charge in [-0.3, -0.25) is 9.69 Å². The number of amides is 1. The summed E-state index contributed by atoms with van der Waals surface area (Å²) in [5, 5.41) is 12.4. The van der Waals surface area contributed by atoms with E-state index in [4.69, 9.17) is 0 Å². The fraction of sp³-hybridized carbons (Fsp3) is 0.214. The van der Waals surface area contributed by atoms with Crippen LogP contribution in [-0.4, -0.2) is 41.9 Å². The van der Waals surface area contributed by atoms with Crippen LogP contribution in [0.25, 0.3) is 0 Å². The number of benzene rings is 3. The third-order valence-corrected chi connectivity index (χ3v) is 6.01. The molecule has 1 aliphatic heterocycles. The summed E-state index contributed by atoms with van der Waals surface area (Å²) in [6, 6.07) is 30.9. The van der Waals surface area contributed by atoms with Gasteiger partial charge in [-0.05, 0) is 29.7 Å². The van der Waals surface area contributed by atoms with E-state index in [0.29, 0.717) is 0 Å². The zero-order chi connectivity index (χ0) is 23.0. The van der Waals surface area contributed by atoms with E-state index in [9.17, 15) is 10.1 Å². The fourth-order valence-corrected chi connectivity index (χ4v) is 4.23. The molecule has 1 heterocycles. The molecule has 1 aliphatic rings. The highest BCUT2D eigenvalue weighted by molar-refractivity contribution is 6.06. The number of nitriles is 1. The van der Waals surface area contributed by atoms with E-state index < -0.39 is 0 Å². The van der Waals surface area contributed by atoms with E-state index in [2.05, 4.69) is 69.7 Å². The van der Waals surface area contributed by atoms with Crippen molar-refractivity contribution in [3.05, 3.63) is 113 Å². The average molecular weight is 437 g/mol. The van der Waals surface area contributed by atoms with Gasteiger partial charge < -0.3 is 10.2 Å². The van der Waals surface area contributed by atoms with Gasteiger partial charge in [-0.2, -0.15) is 5.26 Å². The Morgan fingerprint density at radius 2 is 1.42 bits per heavy atom. The van der Waals surface area contributed by atoms with E-state index in [0.717, 1.165) is 37.4 Å². The number of anilines is 1. The standard InChI is InChI=1S/C28H28N4O/c1-22-10-8-9-15-26(22)30-28(33)25(20-29)21-31-16-18-32(19-17-31)27(23-11-4-2-5-12-23)24-13-6-3-7-14-24/h2-15,21,27H,16-19H2,1H3,(H,30,33)/b25-21-. The highest BCUT2D eigenvalue weighted by Crippen LogP contribution is 2.29. The molecule has 1 fully saturated rings. The molecule has 3 aromatic rings. The third-order valence-electron chi connectivity index (χ3n) is 6.01. The molecule has 5 nitrogen and oxygen atoms in total. The number of hydrogen-bond acceptors (Lipinski definition) is 4. The van der Waals surface area contributed by atoms with Crippen molar-refractivity contribution in [1.29, 1.82) is 5.26 Å². The van der Waals surface area contributed by atoms with Gasteiger partial charge in [-0.25, -0.2) is 0 Å². The molecule has 0 spiro atoms. The summed E-state index contributed by atoms with van der Waals surface area (Å²) in [6.45, 7) is 5.10. The van der Waals surface area contributed by atoms with Gasteiger partial charge in [0.05, 0.1) is 6.04 Å². The lowest BCUT2D eigenvalue weighted by molar-refractivity contribution is -0.112. The first-order valence-electron chi connectivity index (χ1n) is 11.2. The molecule has 5 heteroatoms. The number of aryl methyl sites for hydroxylation is 1. The number of piperazine rings is 1. The first-order valence-corrected chi connectivity index (χ1v) is 11.2. The minimum absolute atomic E-state index is 0.120. The molecule has 0 unspecified atom stereocenters. The fourth-order valence-electron chi connectivity index (χ4n) is 4.23. The zero-order valence-electron chi connectivity index (χ0n) is 18.8. The van der Waals surface area contributed by atoms with Crippen LogP contribution in [0.4, 0.5) is 5.69 Å². The maximum atomic E-state index is 12.7. The second-order valence-electron chi connectivity index (χ2n) is 8.22. The van der Waals surface area contributed by atoms with Gasteiger partial charge in [-0.1, -0.05) is 78.9 Å². The average Bonchev–Trinajstić information content (AvgIpc) is 2.86. The molecule has 166 valence electrons. The van der Waals surface area contributed by atoms with Crippen LogP contribution in [0.3, 0.4) is 0 Å². The van der Waals surface area contributed by atoms with Gasteiger partial charge in [-0.15, -0.1) is 0 Å². The SMILES string of the molecule is Cc1ccccc1NC(=O)/C(C#N)=C\N1CCN(C(c2ccccc2)c2ccccc2)CC1. The van der Waals surface area contributed by atoms with E-state index in [-0.39, 0.29) is 17.5 Å². The molecule has 0 bridgehead atoms. The zero-order valence-corrected chi connectivity index (χ0v) is 18.8. The predicted octanol–water partition coefficient (Wildman–Crippen LogP) is 4.75. The molecular weight excluding hydrogens is 408 g/mol. The van der Waals surface area contributed by atoms with Crippen LogP contribution in [0, 0.1) is 18.3 Å². The Labute approximate surface area is 195 Å². The van der Waals surface area contributed by atoms with E-state index >= 15 is 0 Å². The number of hydrogen-bond donors (Lipinski definition) is 1. The Hall–Kier alpha value is -3.88. The second-order valence-corrected chi connectivity index (χ2v) is 8.22. The maximum absolute atomic E-state index is 12.7. The van der Waals surface area contributed by atoms with Crippen LogP contribution in [0.5, 0.6) is 0 Å². The molecule has 0 radical (unpaired) electrons. The van der Waals surface area contributed by atoms with Crippen LogP contribution in [0.1, 0.15) is 22.7 Å². The van der Waals surface area contributed by atoms with Crippen molar-refractivity contribution in [1.82, 2.24) is 9.80 Å². The molecule has 3 aromatic carbocycles. The molecule has 33 heavy (non-hydrogen) atoms. The minimum atomic E-state index is -0.374. The lowest BCUT2D eigenvalue weighted by Gasteiger charge is -2.39. The first kappa shape index (κ1) is 22.3. The summed E-state index contributed by atoms with van der Waals surface area (Å²) >= 11 is 0. The number of para-hydroxylation sites is 1. The van der Waals surface area contributed by atoms with Crippen molar-refractivity contribution in [3.8, 4) is 6.07 Å². The van der Waals surface area contributed by atoms with Gasteiger partial charge in [0, 0.05) is 38.1 Å². The van der Waals surface area contributed by atoms with Crippen molar-refractivity contribution in [2.24, 2.45) is 0 Å². The largest absolute Gasteiger partial charge is 0.374 e. The molecule has 0 aliphatic carbocycles. The minimum Gasteiger partial charge on any atom is -0.374 e. The normalized spacial score (nSPS) is 14.7. The summed E-state index contributed by atoms with van der Waals surface area (Å²) in [5.74, 6) is -0.374. The van der Waals surface area contributed by atoms with E-state index in [1.54, 1.807) is 6.20 Å². The topological polar surface area (TPSA) is 59.4 Å². The Morgan fingerprint density at radius 1 is 0.879 bits per heavy atom. The summed E-state index contributed by atoms with van der Waals surface area (Å²) in [5.41, 5.74) is 4.34. The van der Waals surface area contributed by atoms with Crippen LogP contribution < -0.4 is 5.32 Å². The number of carbonyl (C=O) groups excluding carboxylic acids is 1. The van der Waals surface area contributed by atoms with Crippen molar-refractivity contribution >= 4 is 11.6 Å². The molecule has 4 rings (SSSR count). The quantitative estimate of drug-likeness (QED) is 0.448. The monoisotopic (exact) mass is 436 g/mol. The van der Waals surface area contributed by atoms with Crippen molar-refractivity contribution < 1.29 is 4.79 Å². The van der Waals surface area contributed by atoms with Gasteiger partial charge >= 0.3 is 0 Å². The molecule has 0 aromatic heterocycles. The Morgan fingerprint density at radius 3 is 1.97 bits per heavy atom. The van der Waals surface area contributed by atoms with Crippen LogP contribution in [0.15, 0.2) is 96.7 Å². The number of rotatable bonds is 6. The summed E-state index contributed by atoms with van der Waals surface area (Å²) in [7, 11) is 0. The smallest absolute Gasteiger partial charge is 0.267 e. The Kier molecular flexibility index (Phi) is 7.19. The summed E-state index contributed by atoms with van der Waals surface area (Å²) < 4.78 is 0. The maximum Gasteiger partial charge on any atom is 0.267 e. The lowest BCUT2D eigenvalue weighted by atomic mass is 9.96. The highest BCUT2D eigenvalue weighted by atomic mass is 16.1. The Balaban J connectivity index is 1.45. The number of nitrogens with zero attached hydrogens (tertiary/aromatic N) is 3. The molecular formula is C28H28N4O. The predicted molar refractivity (Wildman–Crippen MR) is 131 cm³/mol.